The first-order valence-electron chi connectivity index (χ1n) is 8.45. The Morgan fingerprint density at radius 1 is 0.625 bits per heavy atom. The van der Waals surface area contributed by atoms with E-state index < -0.39 is 8.07 Å². The molecule has 122 valence electrons. The van der Waals surface area contributed by atoms with Crippen molar-refractivity contribution in [2.75, 3.05) is 11.9 Å². The van der Waals surface area contributed by atoms with Gasteiger partial charge >= 0.3 is 0 Å². The zero-order valence-electron chi connectivity index (χ0n) is 15.0. The lowest BCUT2D eigenvalue weighted by molar-refractivity contribution is 1.21. The minimum absolute atomic E-state index is 1.21. The number of anilines is 2. The number of hydrogen-bond donors (Lipinski definition) is 0. The lowest BCUT2D eigenvalue weighted by Gasteiger charge is -2.25. The maximum Gasteiger partial charge on any atom is 0.112 e. The predicted octanol–water partition coefficient (Wildman–Crippen LogP) is 4.59. The van der Waals surface area contributed by atoms with Crippen LogP contribution in [0, 0.1) is 6.92 Å². The van der Waals surface area contributed by atoms with Gasteiger partial charge < -0.3 is 4.90 Å². The van der Waals surface area contributed by atoms with Crippen LogP contribution in [0.3, 0.4) is 0 Å². The van der Waals surface area contributed by atoms with Crippen molar-refractivity contribution in [2.24, 2.45) is 0 Å². The molecule has 0 heterocycles. The summed E-state index contributed by atoms with van der Waals surface area (Å²) in [6.45, 7) is 6.99. The van der Waals surface area contributed by atoms with Gasteiger partial charge in [0.05, 0.1) is 0 Å². The van der Waals surface area contributed by atoms with Crippen LogP contribution in [0.4, 0.5) is 11.4 Å². The Balaban J connectivity index is 1.87. The molecule has 0 spiro atoms. The third-order valence-electron chi connectivity index (χ3n) is 4.89. The summed E-state index contributed by atoms with van der Waals surface area (Å²) in [5, 5.41) is 2.95. The average Bonchev–Trinajstić information content (AvgIpc) is 2.62. The molecule has 0 fully saturated rings. The lowest BCUT2D eigenvalue weighted by Crippen LogP contribution is -2.52. The average molecular weight is 332 g/mol. The largest absolute Gasteiger partial charge is 0.345 e. The van der Waals surface area contributed by atoms with E-state index in [2.05, 4.69) is 111 Å². The van der Waals surface area contributed by atoms with Crippen LogP contribution in [-0.2, 0) is 0 Å². The molecule has 0 N–H and O–H groups in total. The first kappa shape index (κ1) is 16.5. The normalized spacial score (nSPS) is 11.3. The molecule has 0 bridgehead atoms. The quantitative estimate of drug-likeness (QED) is 0.632. The molecule has 0 radical (unpaired) electrons. The van der Waals surface area contributed by atoms with Gasteiger partial charge in [-0.05, 0) is 31.2 Å². The van der Waals surface area contributed by atoms with Crippen LogP contribution in [-0.4, -0.2) is 15.1 Å². The molecule has 3 rings (SSSR count). The van der Waals surface area contributed by atoms with E-state index in [0.29, 0.717) is 0 Å². The van der Waals surface area contributed by atoms with Crippen LogP contribution in [0.15, 0.2) is 78.9 Å². The van der Waals surface area contributed by atoms with Gasteiger partial charge in [0.15, 0.2) is 0 Å². The maximum atomic E-state index is 2.42. The molecule has 0 aliphatic carbocycles. The fourth-order valence-electron chi connectivity index (χ4n) is 3.04. The van der Waals surface area contributed by atoms with Gasteiger partial charge in [-0.15, -0.1) is 0 Å². The van der Waals surface area contributed by atoms with Crippen LogP contribution in [0.1, 0.15) is 5.56 Å². The number of rotatable bonds is 4. The molecule has 0 unspecified atom stereocenters. The summed E-state index contributed by atoms with van der Waals surface area (Å²) in [5.41, 5.74) is 3.75. The summed E-state index contributed by atoms with van der Waals surface area (Å²) in [6.07, 6.45) is 0. The SMILES string of the molecule is Cc1ccc([Si](C)(C)c2ccc(N(C)c3ccccc3)cc2)cc1. The molecule has 0 atom stereocenters. The van der Waals surface area contributed by atoms with E-state index in [1.54, 1.807) is 0 Å². The molecule has 0 amide bonds. The third kappa shape index (κ3) is 3.29. The molecule has 0 aliphatic heterocycles. The van der Waals surface area contributed by atoms with E-state index in [0.717, 1.165) is 0 Å². The van der Waals surface area contributed by atoms with E-state index in [1.165, 1.54) is 27.3 Å². The van der Waals surface area contributed by atoms with Crippen LogP contribution in [0.2, 0.25) is 13.1 Å². The Labute approximate surface area is 146 Å². The number of para-hydroxylation sites is 1. The highest BCUT2D eigenvalue weighted by atomic mass is 28.3. The number of nitrogens with zero attached hydrogens (tertiary/aromatic N) is 1. The monoisotopic (exact) mass is 331 g/mol. The molecule has 0 aliphatic rings. The van der Waals surface area contributed by atoms with Crippen molar-refractivity contribution in [3.63, 3.8) is 0 Å². The van der Waals surface area contributed by atoms with Crippen molar-refractivity contribution in [3.8, 4) is 0 Å². The highest BCUT2D eigenvalue weighted by Crippen LogP contribution is 2.22. The van der Waals surface area contributed by atoms with Gasteiger partial charge in [-0.25, -0.2) is 0 Å². The van der Waals surface area contributed by atoms with Crippen molar-refractivity contribution in [2.45, 2.75) is 20.0 Å². The van der Waals surface area contributed by atoms with E-state index in [9.17, 15) is 0 Å². The second-order valence-electron chi connectivity index (χ2n) is 6.93. The standard InChI is InChI=1S/C22H25NSi/c1-18-10-14-21(15-11-18)24(3,4)22-16-12-20(13-17-22)23(2)19-8-6-5-7-9-19/h5-17H,1-4H3. The van der Waals surface area contributed by atoms with Gasteiger partial charge in [0.2, 0.25) is 0 Å². The van der Waals surface area contributed by atoms with Crippen molar-refractivity contribution >= 4 is 29.8 Å². The van der Waals surface area contributed by atoms with E-state index >= 15 is 0 Å². The topological polar surface area (TPSA) is 3.24 Å². The molecule has 0 aromatic heterocycles. The van der Waals surface area contributed by atoms with E-state index in [4.69, 9.17) is 0 Å². The van der Waals surface area contributed by atoms with E-state index in [-0.39, 0.29) is 0 Å². The number of benzene rings is 3. The Morgan fingerprint density at radius 2 is 1.08 bits per heavy atom. The number of hydrogen-bond acceptors (Lipinski definition) is 1. The Hall–Kier alpha value is -2.32. The zero-order valence-corrected chi connectivity index (χ0v) is 16.0. The summed E-state index contributed by atoms with van der Waals surface area (Å²) in [4.78, 5) is 2.23. The summed E-state index contributed by atoms with van der Waals surface area (Å²) < 4.78 is 0. The molecular formula is C22H25NSi. The van der Waals surface area contributed by atoms with Crippen molar-refractivity contribution in [3.05, 3.63) is 84.4 Å². The van der Waals surface area contributed by atoms with Gasteiger partial charge in [-0.3, -0.25) is 0 Å². The fourth-order valence-corrected chi connectivity index (χ4v) is 5.37. The zero-order chi connectivity index (χ0) is 17.2. The van der Waals surface area contributed by atoms with Crippen molar-refractivity contribution in [1.82, 2.24) is 0 Å². The molecule has 0 saturated heterocycles. The molecule has 2 heteroatoms. The van der Waals surface area contributed by atoms with Crippen LogP contribution >= 0.6 is 0 Å². The first-order valence-corrected chi connectivity index (χ1v) is 11.4. The Kier molecular flexibility index (Phi) is 4.59. The summed E-state index contributed by atoms with van der Waals surface area (Å²) in [6, 6.07) is 28.6. The van der Waals surface area contributed by atoms with Crippen LogP contribution in [0.5, 0.6) is 0 Å². The molecule has 3 aromatic rings. The Morgan fingerprint density at radius 3 is 1.62 bits per heavy atom. The molecular weight excluding hydrogens is 306 g/mol. The fraction of sp³-hybridized carbons (Fsp3) is 0.182. The van der Waals surface area contributed by atoms with Gasteiger partial charge in [-0.2, -0.15) is 0 Å². The van der Waals surface area contributed by atoms with Gasteiger partial charge in [0.1, 0.15) is 8.07 Å². The third-order valence-corrected chi connectivity index (χ3v) is 8.45. The minimum Gasteiger partial charge on any atom is -0.345 e. The highest BCUT2D eigenvalue weighted by molar-refractivity contribution is 7.00. The van der Waals surface area contributed by atoms with E-state index in [1.807, 2.05) is 0 Å². The minimum atomic E-state index is -1.63. The molecule has 24 heavy (non-hydrogen) atoms. The summed E-state index contributed by atoms with van der Waals surface area (Å²) in [7, 11) is 0.484. The number of aryl methyl sites for hydroxylation is 1. The Bertz CT molecular complexity index is 790. The van der Waals surface area contributed by atoms with Crippen molar-refractivity contribution < 1.29 is 0 Å². The molecule has 0 saturated carbocycles. The maximum absolute atomic E-state index is 2.42. The highest BCUT2D eigenvalue weighted by Gasteiger charge is 2.25. The smallest absolute Gasteiger partial charge is 0.112 e. The molecule has 1 nitrogen and oxygen atoms in total. The summed E-state index contributed by atoms with van der Waals surface area (Å²) in [5.74, 6) is 0. The summed E-state index contributed by atoms with van der Waals surface area (Å²) >= 11 is 0. The second-order valence-corrected chi connectivity index (χ2v) is 11.3. The second kappa shape index (κ2) is 6.66. The van der Waals surface area contributed by atoms with Crippen LogP contribution < -0.4 is 15.3 Å². The van der Waals surface area contributed by atoms with Gasteiger partial charge in [0.25, 0.3) is 0 Å². The van der Waals surface area contributed by atoms with Crippen LogP contribution in [0.25, 0.3) is 0 Å². The predicted molar refractivity (Wildman–Crippen MR) is 109 cm³/mol. The first-order chi connectivity index (χ1) is 11.5. The van der Waals surface area contributed by atoms with Gasteiger partial charge in [-0.1, -0.05) is 83.6 Å². The lowest BCUT2D eigenvalue weighted by atomic mass is 10.2. The van der Waals surface area contributed by atoms with Gasteiger partial charge in [0, 0.05) is 18.4 Å². The molecule has 3 aromatic carbocycles. The van der Waals surface area contributed by atoms with Crippen molar-refractivity contribution in [1.29, 1.82) is 0 Å².